The fourth-order valence-corrected chi connectivity index (χ4v) is 4.42. The number of morpholine rings is 1. The normalized spacial score (nSPS) is 15.4. The minimum Gasteiger partial charge on any atom is -0.370 e. The van der Waals surface area contributed by atoms with Crippen molar-refractivity contribution in [2.24, 2.45) is 5.41 Å². The smallest absolute Gasteiger partial charge is 0.370 e. The molecule has 3 N–H and O–H groups in total. The molecule has 2 heterocycles. The van der Waals surface area contributed by atoms with Crippen molar-refractivity contribution in [2.75, 3.05) is 43.1 Å². The van der Waals surface area contributed by atoms with Gasteiger partial charge in [-0.3, -0.25) is 14.4 Å². The van der Waals surface area contributed by atoms with Gasteiger partial charge in [0.25, 0.3) is 11.8 Å². The van der Waals surface area contributed by atoms with E-state index in [2.05, 4.69) is 16.0 Å². The topological polar surface area (TPSA) is 99.8 Å². The first kappa shape index (κ1) is 28.9. The van der Waals surface area contributed by atoms with E-state index < -0.39 is 41.2 Å². The molecule has 0 saturated carbocycles. The molecule has 1 aliphatic heterocycles. The Hall–Kier alpha value is -2.67. The Morgan fingerprint density at radius 3 is 2.51 bits per heavy atom. The van der Waals surface area contributed by atoms with E-state index >= 15 is 0 Å². The van der Waals surface area contributed by atoms with Crippen molar-refractivity contribution in [1.29, 1.82) is 0 Å². The molecule has 2 aromatic rings. The van der Waals surface area contributed by atoms with Crippen LogP contribution in [0.3, 0.4) is 0 Å². The quantitative estimate of drug-likeness (QED) is 0.450. The maximum atomic E-state index is 13.9. The van der Waals surface area contributed by atoms with E-state index in [1.165, 1.54) is 17.0 Å². The highest BCUT2D eigenvalue weighted by Crippen LogP contribution is 2.37. The lowest BCUT2D eigenvalue weighted by molar-refractivity contribution is -0.137. The number of thiophene rings is 1. The van der Waals surface area contributed by atoms with E-state index in [1.807, 2.05) is 20.8 Å². The van der Waals surface area contributed by atoms with Crippen molar-refractivity contribution < 1.29 is 32.3 Å². The van der Waals surface area contributed by atoms with Crippen LogP contribution in [-0.2, 0) is 20.5 Å². The van der Waals surface area contributed by atoms with Crippen LogP contribution < -0.4 is 20.9 Å². The molecule has 1 atom stereocenters. The van der Waals surface area contributed by atoms with Gasteiger partial charge < -0.3 is 25.6 Å². The summed E-state index contributed by atoms with van der Waals surface area (Å²) in [5.41, 5.74) is -1.74. The highest BCUT2D eigenvalue weighted by molar-refractivity contribution is 7.18. The summed E-state index contributed by atoms with van der Waals surface area (Å²) in [5, 5.41) is 7.99. The Morgan fingerprint density at radius 2 is 1.92 bits per heavy atom. The Bertz CT molecular complexity index is 1150. The Morgan fingerprint density at radius 1 is 1.19 bits per heavy atom. The third-order valence-corrected chi connectivity index (χ3v) is 6.55. The van der Waals surface area contributed by atoms with E-state index in [9.17, 15) is 27.6 Å². The highest BCUT2D eigenvalue weighted by atomic mass is 35.5. The second-order valence-corrected chi connectivity index (χ2v) is 11.3. The lowest BCUT2D eigenvalue weighted by atomic mass is 9.96. The molecular weight excluding hydrogens is 533 g/mol. The third kappa shape index (κ3) is 8.16. The molecule has 202 valence electrons. The summed E-state index contributed by atoms with van der Waals surface area (Å²) in [7, 11) is 0. The number of halogens is 4. The van der Waals surface area contributed by atoms with Gasteiger partial charge in [0.05, 0.1) is 27.1 Å². The number of rotatable bonds is 8. The second kappa shape index (κ2) is 11.8. The molecular formula is C24H28ClF3N4O4S. The van der Waals surface area contributed by atoms with Crippen LogP contribution in [-0.4, -0.2) is 56.6 Å². The molecule has 0 radical (unpaired) electrons. The van der Waals surface area contributed by atoms with Gasteiger partial charge in [0, 0.05) is 25.3 Å². The maximum absolute atomic E-state index is 13.9. The van der Waals surface area contributed by atoms with E-state index in [1.54, 1.807) is 6.07 Å². The molecule has 1 aromatic carbocycles. The summed E-state index contributed by atoms with van der Waals surface area (Å²) in [6, 6.07) is 5.37. The minimum atomic E-state index is -4.80. The number of carbonyl (C=O) groups is 3. The number of hydrogen-bond donors (Lipinski definition) is 3. The van der Waals surface area contributed by atoms with Gasteiger partial charge in [-0.15, -0.1) is 11.3 Å². The van der Waals surface area contributed by atoms with Crippen molar-refractivity contribution in [1.82, 2.24) is 10.6 Å². The zero-order chi connectivity index (χ0) is 27.4. The van der Waals surface area contributed by atoms with Crippen molar-refractivity contribution in [2.45, 2.75) is 33.0 Å². The Balaban J connectivity index is 1.80. The number of alkyl halides is 3. The number of carbonyl (C=O) groups excluding carboxylic acids is 3. The Labute approximate surface area is 221 Å². The van der Waals surface area contributed by atoms with Gasteiger partial charge in [-0.25, -0.2) is 0 Å². The summed E-state index contributed by atoms with van der Waals surface area (Å²) < 4.78 is 47.3. The first-order chi connectivity index (χ1) is 17.2. The minimum absolute atomic E-state index is 0.0582. The average molecular weight is 561 g/mol. The lowest BCUT2D eigenvalue weighted by Crippen LogP contribution is -2.50. The zero-order valence-corrected chi connectivity index (χ0v) is 22.1. The van der Waals surface area contributed by atoms with Crippen LogP contribution in [0.25, 0.3) is 0 Å². The van der Waals surface area contributed by atoms with Gasteiger partial charge in [-0.2, -0.15) is 13.2 Å². The number of nitrogens with zero attached hydrogens (tertiary/aromatic N) is 1. The number of hydrogen-bond acceptors (Lipinski definition) is 6. The fourth-order valence-electron chi connectivity index (χ4n) is 3.46. The lowest BCUT2D eigenvalue weighted by Gasteiger charge is -2.28. The Kier molecular flexibility index (Phi) is 9.22. The number of ether oxygens (including phenoxy) is 1. The SMILES string of the molecule is CC(C)(C)CN[C@H](CNC(=O)c1ccc(Cl)s1)C(=O)Nc1ccc(N2CCOCC2=O)cc1C(F)(F)F. The largest absolute Gasteiger partial charge is 0.418 e. The first-order valence-corrected chi connectivity index (χ1v) is 12.6. The van der Waals surface area contributed by atoms with E-state index in [4.69, 9.17) is 16.3 Å². The monoisotopic (exact) mass is 560 g/mol. The summed E-state index contributed by atoms with van der Waals surface area (Å²) in [6.45, 7) is 6.07. The van der Waals surface area contributed by atoms with Crippen molar-refractivity contribution >= 4 is 52.0 Å². The van der Waals surface area contributed by atoms with E-state index in [-0.39, 0.29) is 37.4 Å². The van der Waals surface area contributed by atoms with Gasteiger partial charge >= 0.3 is 6.18 Å². The first-order valence-electron chi connectivity index (χ1n) is 11.4. The zero-order valence-electron chi connectivity index (χ0n) is 20.5. The van der Waals surface area contributed by atoms with Gasteiger partial charge in [0.2, 0.25) is 5.91 Å². The van der Waals surface area contributed by atoms with Gasteiger partial charge in [0.15, 0.2) is 0 Å². The molecule has 3 amide bonds. The molecule has 3 rings (SSSR count). The van der Waals surface area contributed by atoms with Gasteiger partial charge in [-0.05, 0) is 35.7 Å². The molecule has 1 aromatic heterocycles. The molecule has 1 aliphatic rings. The van der Waals surface area contributed by atoms with Crippen LogP contribution in [0.2, 0.25) is 4.34 Å². The number of amides is 3. The molecule has 8 nitrogen and oxygen atoms in total. The molecule has 37 heavy (non-hydrogen) atoms. The molecule has 0 unspecified atom stereocenters. The van der Waals surface area contributed by atoms with Crippen LogP contribution >= 0.6 is 22.9 Å². The van der Waals surface area contributed by atoms with Crippen LogP contribution in [0, 0.1) is 5.41 Å². The summed E-state index contributed by atoms with van der Waals surface area (Å²) >= 11 is 6.94. The molecule has 13 heteroatoms. The fraction of sp³-hybridized carbons (Fsp3) is 0.458. The van der Waals surface area contributed by atoms with E-state index in [0.29, 0.717) is 15.8 Å². The van der Waals surface area contributed by atoms with Crippen molar-refractivity contribution in [3.05, 3.63) is 45.1 Å². The summed E-state index contributed by atoms with van der Waals surface area (Å²) in [6.07, 6.45) is -4.80. The highest BCUT2D eigenvalue weighted by Gasteiger charge is 2.36. The summed E-state index contributed by atoms with van der Waals surface area (Å²) in [4.78, 5) is 39.2. The van der Waals surface area contributed by atoms with Crippen LogP contribution in [0.1, 0.15) is 36.0 Å². The molecule has 1 saturated heterocycles. The number of anilines is 2. The van der Waals surface area contributed by atoms with Crippen molar-refractivity contribution in [3.8, 4) is 0 Å². The van der Waals surface area contributed by atoms with Crippen LogP contribution in [0.4, 0.5) is 24.5 Å². The van der Waals surface area contributed by atoms with Crippen molar-refractivity contribution in [3.63, 3.8) is 0 Å². The third-order valence-electron chi connectivity index (χ3n) is 5.32. The van der Waals surface area contributed by atoms with E-state index in [0.717, 1.165) is 23.5 Å². The predicted octanol–water partition coefficient (Wildman–Crippen LogP) is 4.16. The molecule has 0 spiro atoms. The van der Waals surface area contributed by atoms with Crippen LogP contribution in [0.5, 0.6) is 0 Å². The standard InChI is InChI=1S/C24H28ClF3N4O4S/c1-23(2,3)13-30-17(11-29-22(35)18-6-7-19(25)37-18)21(34)31-16-5-4-14(10-15(16)24(26,27)28)32-8-9-36-12-20(32)33/h4-7,10,17,30H,8-9,11-13H2,1-3H3,(H,29,35)(H,31,34)/t17-/m1/s1. The molecule has 0 bridgehead atoms. The van der Waals surface area contributed by atoms with Crippen LogP contribution in [0.15, 0.2) is 30.3 Å². The second-order valence-electron chi connectivity index (χ2n) is 9.62. The molecule has 1 fully saturated rings. The number of benzene rings is 1. The maximum Gasteiger partial charge on any atom is 0.418 e. The number of nitrogens with one attached hydrogen (secondary N) is 3. The summed E-state index contributed by atoms with van der Waals surface area (Å²) in [5.74, 6) is -1.66. The predicted molar refractivity (Wildman–Crippen MR) is 136 cm³/mol. The average Bonchev–Trinajstić information content (AvgIpc) is 3.24. The molecule has 0 aliphatic carbocycles. The van der Waals surface area contributed by atoms with Gasteiger partial charge in [0.1, 0.15) is 12.6 Å². The van der Waals surface area contributed by atoms with Gasteiger partial charge in [-0.1, -0.05) is 32.4 Å².